The lowest BCUT2D eigenvalue weighted by Gasteiger charge is -2.05. The molecule has 3 nitrogen and oxygen atoms in total. The van der Waals surface area contributed by atoms with Crippen molar-refractivity contribution >= 4 is 23.4 Å². The molecule has 1 N–H and O–H groups in total. The van der Waals surface area contributed by atoms with E-state index in [0.717, 1.165) is 16.1 Å². The number of benzene rings is 2. The van der Waals surface area contributed by atoms with Crippen molar-refractivity contribution in [1.29, 1.82) is 5.26 Å². The van der Waals surface area contributed by atoms with Crippen LogP contribution in [-0.2, 0) is 10.5 Å². The van der Waals surface area contributed by atoms with Crippen LogP contribution in [0.25, 0.3) is 0 Å². The fraction of sp³-hybridized carbons (Fsp3) is 0.125. The van der Waals surface area contributed by atoms with Crippen LogP contribution in [0, 0.1) is 17.1 Å². The Morgan fingerprint density at radius 3 is 2.62 bits per heavy atom. The fourth-order valence-corrected chi connectivity index (χ4v) is 2.59. The quantitative estimate of drug-likeness (QED) is 0.870. The van der Waals surface area contributed by atoms with Crippen molar-refractivity contribution < 1.29 is 9.18 Å². The van der Waals surface area contributed by atoms with E-state index in [9.17, 15) is 9.18 Å². The number of carbonyl (C=O) groups excluding carboxylic acids is 1. The summed E-state index contributed by atoms with van der Waals surface area (Å²) in [6, 6.07) is 13.9. The van der Waals surface area contributed by atoms with Crippen LogP contribution in [0.3, 0.4) is 0 Å². The summed E-state index contributed by atoms with van der Waals surface area (Å²) in [5, 5.41) is 11.5. The molecule has 0 bridgehead atoms. The van der Waals surface area contributed by atoms with Crippen LogP contribution in [-0.4, -0.2) is 5.91 Å². The van der Waals surface area contributed by atoms with Crippen molar-refractivity contribution in [2.75, 3.05) is 5.32 Å². The highest BCUT2D eigenvalue weighted by molar-refractivity contribution is 7.98. The van der Waals surface area contributed by atoms with Crippen molar-refractivity contribution in [2.45, 2.75) is 17.6 Å². The molecule has 21 heavy (non-hydrogen) atoms. The standard InChI is InChI=1S/C16H13FN2OS/c1-11(20)19-14-3-5-15(6-4-14)21-10-12-2-7-16(17)13(8-12)9-18/h2-8H,10H2,1H3,(H,19,20). The van der Waals surface area contributed by atoms with E-state index < -0.39 is 5.82 Å². The second-order valence-corrected chi connectivity index (χ2v) is 5.47. The number of rotatable bonds is 4. The van der Waals surface area contributed by atoms with Gasteiger partial charge in [0.05, 0.1) is 5.56 Å². The molecule has 0 aliphatic carbocycles. The van der Waals surface area contributed by atoms with Gasteiger partial charge in [-0.05, 0) is 42.0 Å². The second-order valence-electron chi connectivity index (χ2n) is 4.42. The zero-order valence-electron chi connectivity index (χ0n) is 11.4. The van der Waals surface area contributed by atoms with Gasteiger partial charge in [0, 0.05) is 23.3 Å². The van der Waals surface area contributed by atoms with Gasteiger partial charge in [-0.2, -0.15) is 5.26 Å². The molecule has 0 radical (unpaired) electrons. The summed E-state index contributed by atoms with van der Waals surface area (Å²) in [6.45, 7) is 1.46. The molecular formula is C16H13FN2OS. The topological polar surface area (TPSA) is 52.9 Å². The Labute approximate surface area is 126 Å². The molecule has 0 aliphatic rings. The normalized spacial score (nSPS) is 9.95. The van der Waals surface area contributed by atoms with Gasteiger partial charge in [0.1, 0.15) is 11.9 Å². The number of nitrogens with one attached hydrogen (secondary N) is 1. The molecule has 5 heteroatoms. The number of carbonyl (C=O) groups is 1. The molecule has 0 aromatic heterocycles. The van der Waals surface area contributed by atoms with Crippen molar-refractivity contribution in [3.8, 4) is 6.07 Å². The predicted octanol–water partition coefficient (Wildman–Crippen LogP) is 3.95. The highest BCUT2D eigenvalue weighted by atomic mass is 32.2. The molecule has 0 atom stereocenters. The maximum Gasteiger partial charge on any atom is 0.221 e. The molecule has 0 fully saturated rings. The number of thioether (sulfide) groups is 1. The van der Waals surface area contributed by atoms with E-state index in [-0.39, 0.29) is 11.5 Å². The third kappa shape index (κ3) is 4.33. The number of hydrogen-bond acceptors (Lipinski definition) is 3. The van der Waals surface area contributed by atoms with Crippen LogP contribution < -0.4 is 5.32 Å². The van der Waals surface area contributed by atoms with Crippen LogP contribution in [0.1, 0.15) is 18.1 Å². The number of nitrogens with zero attached hydrogens (tertiary/aromatic N) is 1. The molecule has 0 unspecified atom stereocenters. The minimum Gasteiger partial charge on any atom is -0.326 e. The first-order valence-electron chi connectivity index (χ1n) is 6.27. The minimum atomic E-state index is -0.495. The summed E-state index contributed by atoms with van der Waals surface area (Å²) in [5.41, 5.74) is 1.71. The highest BCUT2D eigenvalue weighted by Gasteiger charge is 2.04. The van der Waals surface area contributed by atoms with Gasteiger partial charge >= 0.3 is 0 Å². The van der Waals surface area contributed by atoms with Gasteiger partial charge in [-0.3, -0.25) is 4.79 Å². The van der Waals surface area contributed by atoms with Crippen molar-refractivity contribution in [2.24, 2.45) is 0 Å². The number of amides is 1. The predicted molar refractivity (Wildman–Crippen MR) is 81.4 cm³/mol. The largest absolute Gasteiger partial charge is 0.326 e. The Balaban J connectivity index is 2.00. The lowest BCUT2D eigenvalue weighted by atomic mass is 10.1. The van der Waals surface area contributed by atoms with E-state index >= 15 is 0 Å². The minimum absolute atomic E-state index is 0.0640. The van der Waals surface area contributed by atoms with Crippen molar-refractivity contribution in [1.82, 2.24) is 0 Å². The Morgan fingerprint density at radius 2 is 2.00 bits per heavy atom. The number of nitriles is 1. The summed E-state index contributed by atoms with van der Waals surface area (Å²) in [6.07, 6.45) is 0. The first-order valence-corrected chi connectivity index (χ1v) is 7.26. The van der Waals surface area contributed by atoms with E-state index in [1.165, 1.54) is 13.0 Å². The zero-order valence-corrected chi connectivity index (χ0v) is 12.2. The van der Waals surface area contributed by atoms with E-state index in [2.05, 4.69) is 5.32 Å². The van der Waals surface area contributed by atoms with E-state index in [1.807, 2.05) is 30.3 Å². The average molecular weight is 300 g/mol. The SMILES string of the molecule is CC(=O)Nc1ccc(SCc2ccc(F)c(C#N)c2)cc1. The third-order valence-corrected chi connectivity index (χ3v) is 3.81. The summed E-state index contributed by atoms with van der Waals surface area (Å²) in [7, 11) is 0. The molecule has 0 spiro atoms. The molecule has 0 heterocycles. The summed E-state index contributed by atoms with van der Waals surface area (Å²) >= 11 is 1.58. The lowest BCUT2D eigenvalue weighted by Crippen LogP contribution is -2.05. The number of anilines is 1. The molecular weight excluding hydrogens is 287 g/mol. The Bertz CT molecular complexity index is 692. The van der Waals surface area contributed by atoms with Gasteiger partial charge in [0.25, 0.3) is 0 Å². The number of hydrogen-bond donors (Lipinski definition) is 1. The van der Waals surface area contributed by atoms with Crippen LogP contribution >= 0.6 is 11.8 Å². The van der Waals surface area contributed by atoms with Gasteiger partial charge in [0.2, 0.25) is 5.91 Å². The molecule has 0 saturated heterocycles. The molecule has 1 amide bonds. The Kier molecular flexibility index (Phi) is 4.96. The van der Waals surface area contributed by atoms with E-state index in [1.54, 1.807) is 23.9 Å². The zero-order chi connectivity index (χ0) is 15.2. The van der Waals surface area contributed by atoms with Gasteiger partial charge in [0.15, 0.2) is 0 Å². The summed E-state index contributed by atoms with van der Waals surface area (Å²) in [5.74, 6) is 0.0469. The molecule has 106 valence electrons. The number of halogens is 1. The van der Waals surface area contributed by atoms with Crippen LogP contribution in [0.4, 0.5) is 10.1 Å². The maximum atomic E-state index is 13.2. The van der Waals surface area contributed by atoms with Crippen LogP contribution in [0.2, 0.25) is 0 Å². The van der Waals surface area contributed by atoms with Crippen LogP contribution in [0.15, 0.2) is 47.4 Å². The Hall–Kier alpha value is -2.32. The lowest BCUT2D eigenvalue weighted by molar-refractivity contribution is -0.114. The molecule has 0 saturated carbocycles. The summed E-state index contributed by atoms with van der Waals surface area (Å²) in [4.78, 5) is 12.0. The average Bonchev–Trinajstić information content (AvgIpc) is 2.47. The van der Waals surface area contributed by atoms with Crippen LogP contribution in [0.5, 0.6) is 0 Å². The first-order chi connectivity index (χ1) is 10.1. The molecule has 2 aromatic carbocycles. The first kappa shape index (κ1) is 15.1. The van der Waals surface area contributed by atoms with Gasteiger partial charge in [-0.25, -0.2) is 4.39 Å². The van der Waals surface area contributed by atoms with E-state index in [4.69, 9.17) is 5.26 Å². The molecule has 2 aromatic rings. The highest BCUT2D eigenvalue weighted by Crippen LogP contribution is 2.25. The van der Waals surface area contributed by atoms with Gasteiger partial charge in [-0.1, -0.05) is 6.07 Å². The Morgan fingerprint density at radius 1 is 1.29 bits per heavy atom. The van der Waals surface area contributed by atoms with Gasteiger partial charge in [-0.15, -0.1) is 11.8 Å². The monoisotopic (exact) mass is 300 g/mol. The maximum absolute atomic E-state index is 13.2. The smallest absolute Gasteiger partial charge is 0.221 e. The molecule has 0 aliphatic heterocycles. The van der Waals surface area contributed by atoms with Crippen molar-refractivity contribution in [3.05, 3.63) is 59.4 Å². The van der Waals surface area contributed by atoms with Gasteiger partial charge < -0.3 is 5.32 Å². The second kappa shape index (κ2) is 6.91. The van der Waals surface area contributed by atoms with E-state index in [0.29, 0.717) is 5.75 Å². The third-order valence-electron chi connectivity index (χ3n) is 2.73. The van der Waals surface area contributed by atoms with Crippen molar-refractivity contribution in [3.63, 3.8) is 0 Å². The summed E-state index contributed by atoms with van der Waals surface area (Å²) < 4.78 is 13.2. The fourth-order valence-electron chi connectivity index (χ4n) is 1.75. The molecule has 2 rings (SSSR count).